The largest absolute Gasteiger partial charge is 0.497 e. The van der Waals surface area contributed by atoms with Crippen molar-refractivity contribution in [3.8, 4) is 5.75 Å². The van der Waals surface area contributed by atoms with E-state index in [0.717, 1.165) is 21.4 Å². The lowest BCUT2D eigenvalue weighted by molar-refractivity contribution is 0.0678. The number of nitrogens with one attached hydrogen (secondary N) is 1. The highest BCUT2D eigenvalue weighted by Crippen LogP contribution is 2.40. The van der Waals surface area contributed by atoms with Crippen molar-refractivity contribution < 1.29 is 31.5 Å². The van der Waals surface area contributed by atoms with Crippen molar-refractivity contribution in [1.82, 2.24) is 9.88 Å². The molecule has 9 heteroatoms. The molecule has 3 aromatic carbocycles. The van der Waals surface area contributed by atoms with Gasteiger partial charge in [-0.05, 0) is 35.7 Å². The fourth-order valence-corrected chi connectivity index (χ4v) is 4.53. The van der Waals surface area contributed by atoms with Gasteiger partial charge in [-0.2, -0.15) is 0 Å². The molecule has 4 aromatic rings. The number of benzene rings is 3. The van der Waals surface area contributed by atoms with Crippen LogP contribution in [0.25, 0.3) is 10.9 Å². The normalized spacial score (nSPS) is 15.5. The number of fused-ring (bicyclic) bond motifs is 3. The zero-order valence-electron chi connectivity index (χ0n) is 17.8. The summed E-state index contributed by atoms with van der Waals surface area (Å²) in [6, 6.07) is 13.3. The van der Waals surface area contributed by atoms with E-state index in [-0.39, 0.29) is 6.54 Å². The summed E-state index contributed by atoms with van der Waals surface area (Å²) in [6.07, 6.45) is 0.327. The van der Waals surface area contributed by atoms with Crippen molar-refractivity contribution in [2.45, 2.75) is 12.5 Å². The molecule has 1 atom stereocenters. The Morgan fingerprint density at radius 1 is 0.912 bits per heavy atom. The molecule has 1 amide bonds. The summed E-state index contributed by atoms with van der Waals surface area (Å²) in [5, 5.41) is 0.930. The number of nitrogens with zero attached hydrogens (tertiary/aromatic N) is 1. The number of methoxy groups -OCH3 is 1. The quantitative estimate of drug-likeness (QED) is 0.238. The first kappa shape index (κ1) is 21.9. The lowest BCUT2D eigenvalue weighted by Gasteiger charge is -2.36. The van der Waals surface area contributed by atoms with E-state index in [9.17, 15) is 26.7 Å². The van der Waals surface area contributed by atoms with Crippen molar-refractivity contribution in [2.75, 3.05) is 13.7 Å². The summed E-state index contributed by atoms with van der Waals surface area (Å²) in [5.41, 5.74) is 1.42. The van der Waals surface area contributed by atoms with Crippen molar-refractivity contribution in [1.29, 1.82) is 0 Å². The van der Waals surface area contributed by atoms with Crippen LogP contribution in [0.15, 0.2) is 48.5 Å². The summed E-state index contributed by atoms with van der Waals surface area (Å²) in [7, 11) is 1.49. The third-order valence-corrected chi connectivity index (χ3v) is 6.15. The minimum atomic E-state index is -2.31. The summed E-state index contributed by atoms with van der Waals surface area (Å²) in [5.74, 6) is -11.7. The first-order chi connectivity index (χ1) is 16.3. The lowest BCUT2D eigenvalue weighted by atomic mass is 9.91. The standard InChI is InChI=1S/C25H17F5N2O2/c1-34-13-8-6-12(7-9-13)24-23-15(14-4-2-3-5-16(14)31-23)10-11-32(24)25(33)17-18(26)20(28)22(30)21(29)19(17)27/h2-9,24,31H,10-11H2,1H3. The summed E-state index contributed by atoms with van der Waals surface area (Å²) < 4.78 is 75.5. The Hall–Kier alpha value is -3.88. The molecular weight excluding hydrogens is 455 g/mol. The maximum atomic E-state index is 14.5. The van der Waals surface area contributed by atoms with Gasteiger partial charge in [0.2, 0.25) is 5.82 Å². The van der Waals surface area contributed by atoms with E-state index in [0.29, 0.717) is 23.4 Å². The molecule has 0 spiro atoms. The molecule has 0 aliphatic carbocycles. The number of carbonyl (C=O) groups is 1. The Labute approximate surface area is 190 Å². The Morgan fingerprint density at radius 3 is 2.18 bits per heavy atom. The minimum Gasteiger partial charge on any atom is -0.497 e. The molecule has 1 unspecified atom stereocenters. The number of aromatic nitrogens is 1. The SMILES string of the molecule is COc1ccc(C2c3[nH]c4ccccc4c3CCN2C(=O)c2c(F)c(F)c(F)c(F)c2F)cc1. The van der Waals surface area contributed by atoms with E-state index >= 15 is 0 Å². The van der Waals surface area contributed by atoms with Crippen molar-refractivity contribution in [3.05, 3.63) is 100 Å². The average molecular weight is 472 g/mol. The number of hydrogen-bond acceptors (Lipinski definition) is 2. The third-order valence-electron chi connectivity index (χ3n) is 6.15. The van der Waals surface area contributed by atoms with Crippen molar-refractivity contribution >= 4 is 16.8 Å². The van der Waals surface area contributed by atoms with Crippen LogP contribution in [0.4, 0.5) is 22.0 Å². The Kier molecular flexibility index (Phi) is 5.27. The molecule has 1 aromatic heterocycles. The van der Waals surface area contributed by atoms with Crippen LogP contribution in [0, 0.1) is 29.1 Å². The second kappa shape index (κ2) is 8.16. The van der Waals surface area contributed by atoms with E-state index < -0.39 is 46.6 Å². The van der Waals surface area contributed by atoms with Crippen LogP contribution in [-0.4, -0.2) is 29.4 Å². The highest BCUT2D eigenvalue weighted by Gasteiger charge is 2.39. The molecule has 174 valence electrons. The van der Waals surface area contributed by atoms with Gasteiger partial charge in [0.1, 0.15) is 11.3 Å². The molecule has 0 saturated carbocycles. The van der Waals surface area contributed by atoms with Crippen LogP contribution in [-0.2, 0) is 6.42 Å². The zero-order chi connectivity index (χ0) is 24.1. The molecule has 0 bridgehead atoms. The van der Waals surface area contributed by atoms with Crippen LogP contribution in [0.1, 0.15) is 33.2 Å². The Bertz CT molecular complexity index is 1400. The number of para-hydroxylation sites is 1. The van der Waals surface area contributed by atoms with Gasteiger partial charge in [-0.15, -0.1) is 0 Å². The monoisotopic (exact) mass is 472 g/mol. The first-order valence-corrected chi connectivity index (χ1v) is 10.4. The van der Waals surface area contributed by atoms with E-state index in [1.54, 1.807) is 24.3 Å². The molecule has 1 aliphatic rings. The fourth-order valence-electron chi connectivity index (χ4n) is 4.53. The molecule has 0 fully saturated rings. The lowest BCUT2D eigenvalue weighted by Crippen LogP contribution is -2.41. The van der Waals surface area contributed by atoms with Gasteiger partial charge >= 0.3 is 0 Å². The van der Waals surface area contributed by atoms with Gasteiger partial charge in [0.05, 0.1) is 13.2 Å². The Morgan fingerprint density at radius 2 is 1.53 bits per heavy atom. The van der Waals surface area contributed by atoms with Crippen LogP contribution >= 0.6 is 0 Å². The minimum absolute atomic E-state index is 0.00384. The van der Waals surface area contributed by atoms with Gasteiger partial charge in [-0.1, -0.05) is 30.3 Å². The van der Waals surface area contributed by atoms with Crippen LogP contribution in [0.2, 0.25) is 0 Å². The number of rotatable bonds is 3. The van der Waals surface area contributed by atoms with Crippen LogP contribution in [0.3, 0.4) is 0 Å². The molecule has 34 heavy (non-hydrogen) atoms. The van der Waals surface area contributed by atoms with E-state index in [2.05, 4.69) is 4.98 Å². The number of amides is 1. The van der Waals surface area contributed by atoms with Gasteiger partial charge in [0.15, 0.2) is 23.3 Å². The summed E-state index contributed by atoms with van der Waals surface area (Å²) >= 11 is 0. The van der Waals surface area contributed by atoms with Crippen LogP contribution in [0.5, 0.6) is 5.75 Å². The highest BCUT2D eigenvalue weighted by atomic mass is 19.2. The topological polar surface area (TPSA) is 45.3 Å². The molecule has 5 rings (SSSR count). The average Bonchev–Trinajstić information content (AvgIpc) is 3.24. The fraction of sp³-hybridized carbons (Fsp3) is 0.160. The van der Waals surface area contributed by atoms with Gasteiger partial charge in [-0.3, -0.25) is 4.79 Å². The molecule has 0 saturated heterocycles. The van der Waals surface area contributed by atoms with Gasteiger partial charge in [0.25, 0.3) is 5.91 Å². The summed E-state index contributed by atoms with van der Waals surface area (Å²) in [6.45, 7) is 0.00384. The number of carbonyl (C=O) groups excluding carboxylic acids is 1. The molecule has 1 aliphatic heterocycles. The molecule has 4 nitrogen and oxygen atoms in total. The van der Waals surface area contributed by atoms with Gasteiger partial charge in [0, 0.05) is 23.1 Å². The smallest absolute Gasteiger partial charge is 0.260 e. The van der Waals surface area contributed by atoms with E-state index in [1.165, 1.54) is 7.11 Å². The predicted octanol–water partition coefficient (Wildman–Crippen LogP) is 5.66. The van der Waals surface area contributed by atoms with Gasteiger partial charge in [-0.25, -0.2) is 22.0 Å². The molecule has 0 radical (unpaired) electrons. The maximum absolute atomic E-state index is 14.5. The van der Waals surface area contributed by atoms with E-state index in [4.69, 9.17) is 4.74 Å². The number of ether oxygens (including phenoxy) is 1. The second-order valence-electron chi connectivity index (χ2n) is 7.93. The third kappa shape index (κ3) is 3.22. The molecule has 1 N–H and O–H groups in total. The molecular formula is C25H17F5N2O2. The number of H-pyrrole nitrogens is 1. The number of aromatic amines is 1. The van der Waals surface area contributed by atoms with Crippen molar-refractivity contribution in [3.63, 3.8) is 0 Å². The van der Waals surface area contributed by atoms with Crippen LogP contribution < -0.4 is 4.74 Å². The second-order valence-corrected chi connectivity index (χ2v) is 7.93. The number of halogens is 5. The first-order valence-electron chi connectivity index (χ1n) is 10.4. The summed E-state index contributed by atoms with van der Waals surface area (Å²) in [4.78, 5) is 17.7. The Balaban J connectivity index is 1.69. The molecule has 2 heterocycles. The number of hydrogen-bond donors (Lipinski definition) is 1. The zero-order valence-corrected chi connectivity index (χ0v) is 17.8. The predicted molar refractivity (Wildman–Crippen MR) is 114 cm³/mol. The van der Waals surface area contributed by atoms with E-state index in [1.807, 2.05) is 24.3 Å². The van der Waals surface area contributed by atoms with Crippen molar-refractivity contribution in [2.24, 2.45) is 0 Å². The highest BCUT2D eigenvalue weighted by molar-refractivity contribution is 5.96. The van der Waals surface area contributed by atoms with Gasteiger partial charge < -0.3 is 14.6 Å². The maximum Gasteiger partial charge on any atom is 0.260 e.